The summed E-state index contributed by atoms with van der Waals surface area (Å²) in [6.45, 7) is 1.19. The number of carbonyl (C=O) groups is 1. The molecule has 2 aromatic carbocycles. The zero-order valence-electron chi connectivity index (χ0n) is 14.6. The number of benzene rings is 2. The van der Waals surface area contributed by atoms with E-state index < -0.39 is 10.0 Å². The Morgan fingerprint density at radius 3 is 2.65 bits per heavy atom. The lowest BCUT2D eigenvalue weighted by Gasteiger charge is -2.20. The lowest BCUT2D eigenvalue weighted by molar-refractivity contribution is 0.0858. The summed E-state index contributed by atoms with van der Waals surface area (Å²) in [5.41, 5.74) is 0.842. The van der Waals surface area contributed by atoms with Crippen LogP contribution < -0.4 is 9.62 Å². The summed E-state index contributed by atoms with van der Waals surface area (Å²) >= 11 is 0. The molecule has 0 radical (unpaired) electrons. The summed E-state index contributed by atoms with van der Waals surface area (Å²) in [5.74, 6) is -0.243. The molecule has 1 fully saturated rings. The number of hydrogen-bond acceptors (Lipinski definition) is 4. The van der Waals surface area contributed by atoms with Crippen LogP contribution in [-0.2, 0) is 14.8 Å². The van der Waals surface area contributed by atoms with Crippen LogP contribution in [-0.4, -0.2) is 40.6 Å². The normalized spacial score (nSPS) is 17.0. The van der Waals surface area contributed by atoms with Gasteiger partial charge in [-0.1, -0.05) is 24.3 Å². The average Bonchev–Trinajstić information content (AvgIpc) is 3.20. The second kappa shape index (κ2) is 7.88. The van der Waals surface area contributed by atoms with Gasteiger partial charge in [0.2, 0.25) is 0 Å². The quantitative estimate of drug-likeness (QED) is 0.843. The smallest absolute Gasteiger partial charge is 0.264 e. The minimum Gasteiger partial charge on any atom is -0.376 e. The van der Waals surface area contributed by atoms with Crippen molar-refractivity contribution in [2.24, 2.45) is 0 Å². The minimum absolute atomic E-state index is 0.0586. The second-order valence-corrected chi connectivity index (χ2v) is 8.15. The van der Waals surface area contributed by atoms with Crippen molar-refractivity contribution >= 4 is 21.6 Å². The van der Waals surface area contributed by atoms with Gasteiger partial charge in [0.1, 0.15) is 0 Å². The number of amides is 1. The van der Waals surface area contributed by atoms with Crippen molar-refractivity contribution in [3.8, 4) is 0 Å². The number of anilines is 1. The van der Waals surface area contributed by atoms with Crippen LogP contribution >= 0.6 is 0 Å². The van der Waals surface area contributed by atoms with E-state index in [-0.39, 0.29) is 16.9 Å². The molecule has 0 bridgehead atoms. The molecule has 1 amide bonds. The third-order valence-electron chi connectivity index (χ3n) is 4.39. The summed E-state index contributed by atoms with van der Waals surface area (Å²) in [4.78, 5) is 12.6. The lowest BCUT2D eigenvalue weighted by atomic mass is 10.2. The van der Waals surface area contributed by atoms with Crippen LogP contribution in [0.5, 0.6) is 0 Å². The number of hydrogen-bond donors (Lipinski definition) is 1. The lowest BCUT2D eigenvalue weighted by Crippen LogP contribution is -2.32. The summed E-state index contributed by atoms with van der Waals surface area (Å²) in [7, 11) is -2.20. The van der Waals surface area contributed by atoms with Gasteiger partial charge in [-0.15, -0.1) is 0 Å². The van der Waals surface area contributed by atoms with Gasteiger partial charge in [0.25, 0.3) is 15.9 Å². The third kappa shape index (κ3) is 4.05. The number of rotatable bonds is 6. The molecular formula is C19H22N2O4S. The monoisotopic (exact) mass is 374 g/mol. The van der Waals surface area contributed by atoms with Crippen LogP contribution in [0.25, 0.3) is 0 Å². The number of nitrogens with one attached hydrogen (secondary N) is 1. The van der Waals surface area contributed by atoms with Gasteiger partial charge in [-0.2, -0.15) is 0 Å². The van der Waals surface area contributed by atoms with Crippen LogP contribution in [0.1, 0.15) is 23.2 Å². The predicted molar refractivity (Wildman–Crippen MR) is 99.8 cm³/mol. The molecular weight excluding hydrogens is 352 g/mol. The van der Waals surface area contributed by atoms with E-state index in [0.717, 1.165) is 19.4 Å². The molecule has 0 aromatic heterocycles. The SMILES string of the molecule is CN(c1cccc(C(=O)NC[C@@H]2CCCO2)c1)S(=O)(=O)c1ccccc1. The Labute approximate surface area is 153 Å². The molecule has 0 spiro atoms. The Kier molecular flexibility index (Phi) is 5.58. The molecule has 1 saturated heterocycles. The summed E-state index contributed by atoms with van der Waals surface area (Å²) in [6, 6.07) is 14.8. The van der Waals surface area contributed by atoms with Crippen molar-refractivity contribution in [3.05, 3.63) is 60.2 Å². The standard InChI is InChI=1S/C19H22N2O4S/c1-21(26(23,24)18-10-3-2-4-11-18)16-8-5-7-15(13-16)19(22)20-14-17-9-6-12-25-17/h2-5,7-8,10-11,13,17H,6,9,12,14H2,1H3,(H,20,22)/t17-/m0/s1. The maximum atomic E-state index is 12.7. The molecule has 1 aliphatic rings. The highest BCUT2D eigenvalue weighted by molar-refractivity contribution is 7.92. The number of sulfonamides is 1. The molecule has 26 heavy (non-hydrogen) atoms. The molecule has 0 aliphatic carbocycles. The molecule has 0 unspecified atom stereocenters. The molecule has 2 aromatic rings. The van der Waals surface area contributed by atoms with Crippen molar-refractivity contribution in [2.75, 3.05) is 24.5 Å². The third-order valence-corrected chi connectivity index (χ3v) is 6.19. The zero-order chi connectivity index (χ0) is 18.6. The maximum Gasteiger partial charge on any atom is 0.264 e. The van der Waals surface area contributed by atoms with Crippen LogP contribution in [0.15, 0.2) is 59.5 Å². The Morgan fingerprint density at radius 2 is 1.96 bits per heavy atom. The van der Waals surface area contributed by atoms with Gasteiger partial charge in [-0.25, -0.2) is 8.42 Å². The highest BCUT2D eigenvalue weighted by atomic mass is 32.2. The van der Waals surface area contributed by atoms with Crippen molar-refractivity contribution in [1.29, 1.82) is 0 Å². The Bertz CT molecular complexity index is 862. The van der Waals surface area contributed by atoms with Crippen LogP contribution in [0.2, 0.25) is 0 Å². The van der Waals surface area contributed by atoms with Crippen LogP contribution in [0.4, 0.5) is 5.69 Å². The second-order valence-electron chi connectivity index (χ2n) is 6.18. The highest BCUT2D eigenvalue weighted by Crippen LogP contribution is 2.23. The van der Waals surface area contributed by atoms with Gasteiger partial charge in [0, 0.05) is 25.8 Å². The average molecular weight is 374 g/mol. The first-order valence-electron chi connectivity index (χ1n) is 8.52. The Hall–Kier alpha value is -2.38. The predicted octanol–water partition coefficient (Wildman–Crippen LogP) is 2.42. The molecule has 1 aliphatic heterocycles. The summed E-state index contributed by atoms with van der Waals surface area (Å²) < 4.78 is 32.1. The van der Waals surface area contributed by atoms with Gasteiger partial charge in [0.15, 0.2) is 0 Å². The molecule has 6 nitrogen and oxygen atoms in total. The first-order valence-corrected chi connectivity index (χ1v) is 9.96. The van der Waals surface area contributed by atoms with Gasteiger partial charge in [-0.3, -0.25) is 9.10 Å². The zero-order valence-corrected chi connectivity index (χ0v) is 15.4. The minimum atomic E-state index is -3.68. The molecule has 1 N–H and O–H groups in total. The molecule has 7 heteroatoms. The molecule has 0 saturated carbocycles. The Morgan fingerprint density at radius 1 is 1.19 bits per heavy atom. The maximum absolute atomic E-state index is 12.7. The fraction of sp³-hybridized carbons (Fsp3) is 0.316. The van der Waals surface area contributed by atoms with Gasteiger partial charge >= 0.3 is 0 Å². The van der Waals surface area contributed by atoms with E-state index >= 15 is 0 Å². The van der Waals surface area contributed by atoms with E-state index in [1.54, 1.807) is 54.6 Å². The van der Waals surface area contributed by atoms with Crippen LogP contribution in [0.3, 0.4) is 0 Å². The highest BCUT2D eigenvalue weighted by Gasteiger charge is 2.22. The van der Waals surface area contributed by atoms with Crippen molar-refractivity contribution in [2.45, 2.75) is 23.8 Å². The first-order chi connectivity index (χ1) is 12.5. The van der Waals surface area contributed by atoms with Crippen LogP contribution in [0, 0.1) is 0 Å². The fourth-order valence-electron chi connectivity index (χ4n) is 2.85. The van der Waals surface area contributed by atoms with E-state index in [2.05, 4.69) is 5.32 Å². The van der Waals surface area contributed by atoms with E-state index in [1.165, 1.54) is 11.4 Å². The summed E-state index contributed by atoms with van der Waals surface area (Å²) in [5, 5.41) is 2.85. The van der Waals surface area contributed by atoms with E-state index in [0.29, 0.717) is 17.8 Å². The molecule has 1 atom stereocenters. The first kappa shape index (κ1) is 18.4. The number of ether oxygens (including phenoxy) is 1. The van der Waals surface area contributed by atoms with E-state index in [9.17, 15) is 13.2 Å². The van der Waals surface area contributed by atoms with Crippen molar-refractivity contribution < 1.29 is 17.9 Å². The van der Waals surface area contributed by atoms with E-state index in [4.69, 9.17) is 4.74 Å². The summed E-state index contributed by atoms with van der Waals surface area (Å²) in [6.07, 6.45) is 2.01. The van der Waals surface area contributed by atoms with Crippen molar-refractivity contribution in [1.82, 2.24) is 5.32 Å². The van der Waals surface area contributed by atoms with E-state index in [1.807, 2.05) is 0 Å². The number of nitrogens with zero attached hydrogens (tertiary/aromatic N) is 1. The van der Waals surface area contributed by atoms with Gasteiger partial charge < -0.3 is 10.1 Å². The van der Waals surface area contributed by atoms with Crippen molar-refractivity contribution in [3.63, 3.8) is 0 Å². The molecule has 138 valence electrons. The number of carbonyl (C=O) groups excluding carboxylic acids is 1. The Balaban J connectivity index is 1.74. The largest absolute Gasteiger partial charge is 0.376 e. The molecule has 3 rings (SSSR count). The van der Waals surface area contributed by atoms with Gasteiger partial charge in [0.05, 0.1) is 16.7 Å². The molecule has 1 heterocycles. The topological polar surface area (TPSA) is 75.7 Å². The van der Waals surface area contributed by atoms with Gasteiger partial charge in [-0.05, 0) is 43.2 Å². The fourth-order valence-corrected chi connectivity index (χ4v) is 4.05.